The molecule has 0 amide bonds. The average molecular weight is 289 g/mol. The normalized spacial score (nSPS) is 31.1. The molecule has 3 heteroatoms. The molecule has 0 radical (unpaired) electrons. The molecular formula is C18H21F2N. The molecule has 3 aliphatic rings. The summed E-state index contributed by atoms with van der Waals surface area (Å²) in [6.07, 6.45) is 9.08. The van der Waals surface area contributed by atoms with Gasteiger partial charge >= 0.3 is 0 Å². The maximum absolute atomic E-state index is 13.9. The third-order valence-electron chi connectivity index (χ3n) is 5.95. The Morgan fingerprint density at radius 3 is 2.00 bits per heavy atom. The fraction of sp³-hybridized carbons (Fsp3) is 0.611. The minimum Gasteiger partial charge on any atom is -0.205 e. The number of hydrogen-bond acceptors (Lipinski definition) is 1. The maximum Gasteiger partial charge on any atom is 0.144 e. The summed E-state index contributed by atoms with van der Waals surface area (Å²) in [4.78, 5) is 0. The van der Waals surface area contributed by atoms with Crippen LogP contribution in [0.3, 0.4) is 0 Å². The van der Waals surface area contributed by atoms with Gasteiger partial charge in [-0.25, -0.2) is 8.78 Å². The molecule has 3 fully saturated rings. The quantitative estimate of drug-likeness (QED) is 0.747. The van der Waals surface area contributed by atoms with Crippen molar-refractivity contribution in [3.63, 3.8) is 0 Å². The van der Waals surface area contributed by atoms with E-state index in [0.717, 1.165) is 24.8 Å². The first-order valence-electron chi connectivity index (χ1n) is 7.94. The van der Waals surface area contributed by atoms with Crippen LogP contribution in [0.25, 0.3) is 0 Å². The smallest absolute Gasteiger partial charge is 0.144 e. The zero-order chi connectivity index (χ0) is 15.1. The Labute approximate surface area is 125 Å². The highest BCUT2D eigenvalue weighted by atomic mass is 19.1. The minimum atomic E-state index is -0.710. The predicted octanol–water partition coefficient (Wildman–Crippen LogP) is 5.23. The van der Waals surface area contributed by atoms with Gasteiger partial charge in [-0.2, -0.15) is 5.26 Å². The van der Waals surface area contributed by atoms with Crippen LogP contribution in [-0.2, 0) is 5.41 Å². The molecule has 2 bridgehead atoms. The number of nitrogens with zero attached hydrogens (tertiary/aromatic N) is 1. The Balaban J connectivity index is 1.91. The zero-order valence-electron chi connectivity index (χ0n) is 12.5. The topological polar surface area (TPSA) is 23.8 Å². The lowest BCUT2D eigenvalue weighted by atomic mass is 9.51. The first-order chi connectivity index (χ1) is 10.0. The third kappa shape index (κ3) is 2.25. The van der Waals surface area contributed by atoms with Gasteiger partial charge in [-0.15, -0.1) is 0 Å². The van der Waals surface area contributed by atoms with E-state index in [1.165, 1.54) is 44.2 Å². The van der Waals surface area contributed by atoms with Crippen LogP contribution in [0, 0.1) is 28.4 Å². The second kappa shape index (κ2) is 5.09. The molecule has 4 rings (SSSR count). The highest BCUT2D eigenvalue weighted by molar-refractivity contribution is 5.39. The SMILES string of the molecule is CCCC12CCC(c3cc(F)c(C#N)c(F)c3)(CC1)CC2. The molecule has 3 aliphatic carbocycles. The molecule has 3 saturated carbocycles. The van der Waals surface area contributed by atoms with Crippen molar-refractivity contribution in [2.75, 3.05) is 0 Å². The van der Waals surface area contributed by atoms with Crippen molar-refractivity contribution in [3.8, 4) is 6.07 Å². The van der Waals surface area contributed by atoms with Gasteiger partial charge in [-0.3, -0.25) is 0 Å². The number of hydrogen-bond donors (Lipinski definition) is 0. The fourth-order valence-electron chi connectivity index (χ4n) is 4.59. The zero-order valence-corrected chi connectivity index (χ0v) is 12.5. The van der Waals surface area contributed by atoms with Gasteiger partial charge in [0, 0.05) is 0 Å². The van der Waals surface area contributed by atoms with Gasteiger partial charge < -0.3 is 0 Å². The lowest BCUT2D eigenvalue weighted by Crippen LogP contribution is -2.44. The summed E-state index contributed by atoms with van der Waals surface area (Å²) in [7, 11) is 0. The molecule has 0 aliphatic heterocycles. The standard InChI is InChI=1S/C18H21F2N/c1-2-3-17-4-7-18(8-5-17,9-6-17)13-10-15(19)14(12-21)16(20)11-13/h10-11H,2-9H2,1H3. The highest BCUT2D eigenvalue weighted by Crippen LogP contribution is 2.59. The highest BCUT2D eigenvalue weighted by Gasteiger charge is 2.48. The van der Waals surface area contributed by atoms with E-state index in [1.54, 1.807) is 6.07 Å². The van der Waals surface area contributed by atoms with E-state index < -0.39 is 17.2 Å². The van der Waals surface area contributed by atoms with Crippen LogP contribution in [0.4, 0.5) is 8.78 Å². The molecule has 0 spiro atoms. The summed E-state index contributed by atoms with van der Waals surface area (Å²) >= 11 is 0. The Bertz CT molecular complexity index is 552. The van der Waals surface area contributed by atoms with E-state index in [4.69, 9.17) is 5.26 Å². The maximum atomic E-state index is 13.9. The van der Waals surface area contributed by atoms with Crippen molar-refractivity contribution in [2.45, 2.75) is 63.7 Å². The Kier molecular flexibility index (Phi) is 3.51. The first kappa shape index (κ1) is 14.5. The van der Waals surface area contributed by atoms with Crippen molar-refractivity contribution in [1.29, 1.82) is 5.26 Å². The van der Waals surface area contributed by atoms with E-state index in [-0.39, 0.29) is 5.41 Å². The average Bonchev–Trinajstić information content (AvgIpc) is 2.49. The molecule has 0 atom stereocenters. The fourth-order valence-corrected chi connectivity index (χ4v) is 4.59. The lowest BCUT2D eigenvalue weighted by Gasteiger charge is -2.54. The molecule has 0 unspecified atom stereocenters. The van der Waals surface area contributed by atoms with E-state index >= 15 is 0 Å². The van der Waals surface area contributed by atoms with Gasteiger partial charge in [-0.05, 0) is 73.5 Å². The molecule has 0 N–H and O–H groups in total. The van der Waals surface area contributed by atoms with Gasteiger partial charge in [0.2, 0.25) is 0 Å². The van der Waals surface area contributed by atoms with Crippen LogP contribution < -0.4 is 0 Å². The largest absolute Gasteiger partial charge is 0.205 e. The lowest BCUT2D eigenvalue weighted by molar-refractivity contribution is 0.0317. The number of halogens is 2. The third-order valence-corrected chi connectivity index (χ3v) is 5.95. The molecule has 0 aromatic heterocycles. The van der Waals surface area contributed by atoms with Crippen LogP contribution in [-0.4, -0.2) is 0 Å². The summed E-state index contributed by atoms with van der Waals surface area (Å²) in [5.74, 6) is -1.42. The summed E-state index contributed by atoms with van der Waals surface area (Å²) in [6, 6.07) is 4.41. The molecular weight excluding hydrogens is 268 g/mol. The van der Waals surface area contributed by atoms with Crippen LogP contribution in [0.1, 0.15) is 69.4 Å². The Morgan fingerprint density at radius 2 is 1.57 bits per heavy atom. The van der Waals surface area contributed by atoms with Crippen LogP contribution in [0.5, 0.6) is 0 Å². The summed E-state index contributed by atoms with van der Waals surface area (Å²) in [6.45, 7) is 2.23. The Morgan fingerprint density at radius 1 is 1.05 bits per heavy atom. The van der Waals surface area contributed by atoms with Crippen molar-refractivity contribution in [2.24, 2.45) is 5.41 Å². The molecule has 0 saturated heterocycles. The second-order valence-electron chi connectivity index (χ2n) is 6.96. The van der Waals surface area contributed by atoms with Gasteiger partial charge in [0.05, 0.1) is 0 Å². The molecule has 1 nitrogen and oxygen atoms in total. The van der Waals surface area contributed by atoms with Crippen molar-refractivity contribution in [1.82, 2.24) is 0 Å². The van der Waals surface area contributed by atoms with Gasteiger partial charge in [0.15, 0.2) is 0 Å². The number of fused-ring (bicyclic) bond motifs is 3. The van der Waals surface area contributed by atoms with E-state index in [0.29, 0.717) is 5.41 Å². The Hall–Kier alpha value is -1.43. The molecule has 0 heterocycles. The van der Waals surface area contributed by atoms with Gasteiger partial charge in [0.25, 0.3) is 0 Å². The van der Waals surface area contributed by atoms with Crippen molar-refractivity contribution < 1.29 is 8.78 Å². The van der Waals surface area contributed by atoms with E-state index in [1.807, 2.05) is 0 Å². The number of nitriles is 1. The second-order valence-corrected chi connectivity index (χ2v) is 6.96. The van der Waals surface area contributed by atoms with E-state index in [2.05, 4.69) is 6.92 Å². The van der Waals surface area contributed by atoms with Gasteiger partial charge in [0.1, 0.15) is 23.3 Å². The summed E-state index contributed by atoms with van der Waals surface area (Å²) in [5.41, 5.74) is 0.731. The predicted molar refractivity (Wildman–Crippen MR) is 77.8 cm³/mol. The molecule has 21 heavy (non-hydrogen) atoms. The van der Waals surface area contributed by atoms with Crippen LogP contribution >= 0.6 is 0 Å². The monoisotopic (exact) mass is 289 g/mol. The first-order valence-corrected chi connectivity index (χ1v) is 7.94. The van der Waals surface area contributed by atoms with Crippen molar-refractivity contribution in [3.05, 3.63) is 34.9 Å². The number of rotatable bonds is 3. The van der Waals surface area contributed by atoms with E-state index in [9.17, 15) is 8.78 Å². The number of benzene rings is 1. The minimum absolute atomic E-state index is 0.0643. The molecule has 1 aromatic carbocycles. The van der Waals surface area contributed by atoms with Crippen LogP contribution in [0.2, 0.25) is 0 Å². The van der Waals surface area contributed by atoms with Crippen molar-refractivity contribution >= 4 is 0 Å². The summed E-state index contributed by atoms with van der Waals surface area (Å²) in [5, 5.41) is 8.79. The molecule has 1 aromatic rings. The summed E-state index contributed by atoms with van der Waals surface area (Å²) < 4.78 is 27.8. The van der Waals surface area contributed by atoms with Gasteiger partial charge in [-0.1, -0.05) is 13.3 Å². The molecule has 112 valence electrons. The van der Waals surface area contributed by atoms with Crippen LogP contribution in [0.15, 0.2) is 12.1 Å².